The number of esters is 1. The van der Waals surface area contributed by atoms with E-state index in [1.165, 1.54) is 6.07 Å². The number of aryl methyl sites for hydroxylation is 1. The Labute approximate surface area is 118 Å². The Balaban J connectivity index is 1.93. The highest BCUT2D eigenvalue weighted by atomic mass is 16.5. The van der Waals surface area contributed by atoms with Crippen LogP contribution in [-0.2, 0) is 4.74 Å². The van der Waals surface area contributed by atoms with Gasteiger partial charge in [0.1, 0.15) is 17.9 Å². The summed E-state index contributed by atoms with van der Waals surface area (Å²) in [4.78, 5) is 11.8. The lowest BCUT2D eigenvalue weighted by molar-refractivity contribution is 0.0546. The molecule has 0 unspecified atom stereocenters. The molecule has 0 aliphatic rings. The van der Waals surface area contributed by atoms with E-state index in [0.717, 1.165) is 11.1 Å². The third kappa shape index (κ3) is 3.72. The highest BCUT2D eigenvalue weighted by molar-refractivity contribution is 5.92. The summed E-state index contributed by atoms with van der Waals surface area (Å²) < 4.78 is 5.10. The molecule has 2 aromatic carbocycles. The Kier molecular flexibility index (Phi) is 4.56. The molecule has 2 aromatic rings. The van der Waals surface area contributed by atoms with Gasteiger partial charge in [0.2, 0.25) is 0 Å². The standard InChI is InChI=1S/C17H16O3/c1-13-9-10-16(18)15(12-13)17(19)20-11-5-8-14-6-3-2-4-7-14/h2-10,12,18H,11H2,1H3. The van der Waals surface area contributed by atoms with E-state index in [4.69, 9.17) is 4.74 Å². The van der Waals surface area contributed by atoms with Crippen molar-refractivity contribution in [2.24, 2.45) is 0 Å². The van der Waals surface area contributed by atoms with Gasteiger partial charge in [-0.25, -0.2) is 4.79 Å². The Morgan fingerprint density at radius 2 is 1.95 bits per heavy atom. The topological polar surface area (TPSA) is 46.5 Å². The number of aromatic hydroxyl groups is 1. The molecule has 0 fully saturated rings. The number of phenolic OH excluding ortho intramolecular Hbond substituents is 1. The van der Waals surface area contributed by atoms with Crippen molar-refractivity contribution in [3.8, 4) is 5.75 Å². The molecule has 0 amide bonds. The number of rotatable bonds is 4. The van der Waals surface area contributed by atoms with E-state index in [9.17, 15) is 9.90 Å². The first-order valence-electron chi connectivity index (χ1n) is 6.35. The van der Waals surface area contributed by atoms with E-state index in [2.05, 4.69) is 0 Å². The van der Waals surface area contributed by atoms with Crippen molar-refractivity contribution in [2.45, 2.75) is 6.92 Å². The summed E-state index contributed by atoms with van der Waals surface area (Å²) in [6.45, 7) is 2.02. The monoisotopic (exact) mass is 268 g/mol. The molecule has 1 N–H and O–H groups in total. The number of carbonyl (C=O) groups excluding carboxylic acids is 1. The molecule has 102 valence electrons. The summed E-state index contributed by atoms with van der Waals surface area (Å²) in [6, 6.07) is 14.6. The molecule has 0 radical (unpaired) electrons. The van der Waals surface area contributed by atoms with E-state index in [0.29, 0.717) is 0 Å². The summed E-state index contributed by atoms with van der Waals surface area (Å²) in [6.07, 6.45) is 3.64. The van der Waals surface area contributed by atoms with Crippen molar-refractivity contribution in [1.82, 2.24) is 0 Å². The van der Waals surface area contributed by atoms with E-state index < -0.39 is 5.97 Å². The Morgan fingerprint density at radius 3 is 2.70 bits per heavy atom. The third-order valence-corrected chi connectivity index (χ3v) is 2.79. The fraction of sp³-hybridized carbons (Fsp3) is 0.118. The number of phenols is 1. The fourth-order valence-electron chi connectivity index (χ4n) is 1.76. The SMILES string of the molecule is Cc1ccc(O)c(C(=O)OCC=Cc2ccccc2)c1. The van der Waals surface area contributed by atoms with E-state index in [1.54, 1.807) is 18.2 Å². The zero-order valence-electron chi connectivity index (χ0n) is 11.2. The molecule has 0 spiro atoms. The lowest BCUT2D eigenvalue weighted by Gasteiger charge is -2.05. The maximum atomic E-state index is 11.8. The van der Waals surface area contributed by atoms with Gasteiger partial charge in [-0.1, -0.05) is 48.0 Å². The molecular weight excluding hydrogens is 252 g/mol. The van der Waals surface area contributed by atoms with Crippen LogP contribution in [0.4, 0.5) is 0 Å². The summed E-state index contributed by atoms with van der Waals surface area (Å²) in [7, 11) is 0. The molecule has 0 atom stereocenters. The molecule has 0 heterocycles. The van der Waals surface area contributed by atoms with Crippen molar-refractivity contribution >= 4 is 12.0 Å². The predicted molar refractivity (Wildman–Crippen MR) is 78.6 cm³/mol. The second-order valence-corrected chi connectivity index (χ2v) is 4.43. The van der Waals surface area contributed by atoms with Gasteiger partial charge in [0.05, 0.1) is 0 Å². The highest BCUT2D eigenvalue weighted by Crippen LogP contribution is 2.19. The van der Waals surface area contributed by atoms with Gasteiger partial charge in [-0.2, -0.15) is 0 Å². The van der Waals surface area contributed by atoms with Crippen LogP contribution >= 0.6 is 0 Å². The largest absolute Gasteiger partial charge is 0.507 e. The maximum absolute atomic E-state index is 11.8. The van der Waals surface area contributed by atoms with Gasteiger partial charge in [0.25, 0.3) is 0 Å². The van der Waals surface area contributed by atoms with Crippen LogP contribution in [0.5, 0.6) is 5.75 Å². The first kappa shape index (κ1) is 13.9. The third-order valence-electron chi connectivity index (χ3n) is 2.79. The molecular formula is C17H16O3. The van der Waals surface area contributed by atoms with Crippen LogP contribution in [0, 0.1) is 6.92 Å². The van der Waals surface area contributed by atoms with Crippen molar-refractivity contribution in [3.05, 3.63) is 71.3 Å². The second kappa shape index (κ2) is 6.57. The van der Waals surface area contributed by atoms with E-state index in [1.807, 2.05) is 43.3 Å². The number of hydrogen-bond acceptors (Lipinski definition) is 3. The second-order valence-electron chi connectivity index (χ2n) is 4.43. The molecule has 0 saturated carbocycles. The van der Waals surface area contributed by atoms with Crippen molar-refractivity contribution in [2.75, 3.05) is 6.61 Å². The summed E-state index contributed by atoms with van der Waals surface area (Å²) in [5.74, 6) is -0.587. The Morgan fingerprint density at radius 1 is 1.20 bits per heavy atom. The first-order valence-corrected chi connectivity index (χ1v) is 6.35. The van der Waals surface area contributed by atoms with Gasteiger partial charge in [-0.05, 0) is 30.7 Å². The summed E-state index contributed by atoms with van der Waals surface area (Å²) >= 11 is 0. The van der Waals surface area contributed by atoms with Crippen molar-refractivity contribution in [3.63, 3.8) is 0 Å². The van der Waals surface area contributed by atoms with Crippen LogP contribution in [0.1, 0.15) is 21.5 Å². The quantitative estimate of drug-likeness (QED) is 0.862. The molecule has 0 aliphatic carbocycles. The van der Waals surface area contributed by atoms with Crippen molar-refractivity contribution in [1.29, 1.82) is 0 Å². The maximum Gasteiger partial charge on any atom is 0.342 e. The zero-order chi connectivity index (χ0) is 14.4. The molecule has 2 rings (SSSR count). The molecule has 20 heavy (non-hydrogen) atoms. The lowest BCUT2D eigenvalue weighted by atomic mass is 10.1. The Bertz CT molecular complexity index is 615. The molecule has 0 saturated heterocycles. The number of benzene rings is 2. The van der Waals surface area contributed by atoms with Gasteiger partial charge in [0.15, 0.2) is 0 Å². The van der Waals surface area contributed by atoms with Crippen LogP contribution in [0.25, 0.3) is 6.08 Å². The minimum Gasteiger partial charge on any atom is -0.507 e. The van der Waals surface area contributed by atoms with Crippen LogP contribution < -0.4 is 0 Å². The molecule has 3 nitrogen and oxygen atoms in total. The predicted octanol–water partition coefficient (Wildman–Crippen LogP) is 3.57. The minimum atomic E-state index is -0.524. The molecule has 0 bridgehead atoms. The lowest BCUT2D eigenvalue weighted by Crippen LogP contribution is -2.05. The van der Waals surface area contributed by atoms with E-state index >= 15 is 0 Å². The number of carbonyl (C=O) groups is 1. The van der Waals surface area contributed by atoms with Gasteiger partial charge in [0, 0.05) is 0 Å². The van der Waals surface area contributed by atoms with Crippen LogP contribution in [-0.4, -0.2) is 17.7 Å². The summed E-state index contributed by atoms with van der Waals surface area (Å²) in [5.41, 5.74) is 2.13. The van der Waals surface area contributed by atoms with Gasteiger partial charge < -0.3 is 9.84 Å². The first-order chi connectivity index (χ1) is 9.66. The zero-order valence-corrected chi connectivity index (χ0v) is 11.2. The summed E-state index contributed by atoms with van der Waals surface area (Å²) in [5, 5.41) is 9.62. The van der Waals surface area contributed by atoms with Crippen LogP contribution in [0.2, 0.25) is 0 Å². The Hall–Kier alpha value is -2.55. The van der Waals surface area contributed by atoms with Crippen LogP contribution in [0.3, 0.4) is 0 Å². The smallest absolute Gasteiger partial charge is 0.342 e. The van der Waals surface area contributed by atoms with E-state index in [-0.39, 0.29) is 17.9 Å². The highest BCUT2D eigenvalue weighted by Gasteiger charge is 2.11. The van der Waals surface area contributed by atoms with Crippen LogP contribution in [0.15, 0.2) is 54.6 Å². The average Bonchev–Trinajstić information content (AvgIpc) is 2.47. The van der Waals surface area contributed by atoms with Gasteiger partial charge in [-0.15, -0.1) is 0 Å². The molecule has 3 heteroatoms. The van der Waals surface area contributed by atoms with Crippen molar-refractivity contribution < 1.29 is 14.6 Å². The fourth-order valence-corrected chi connectivity index (χ4v) is 1.76. The number of ether oxygens (including phenoxy) is 1. The van der Waals surface area contributed by atoms with Gasteiger partial charge in [-0.3, -0.25) is 0 Å². The van der Waals surface area contributed by atoms with Gasteiger partial charge >= 0.3 is 5.97 Å². The minimum absolute atomic E-state index is 0.0624. The number of hydrogen-bond donors (Lipinski definition) is 1. The molecule has 0 aromatic heterocycles. The molecule has 0 aliphatic heterocycles. The average molecular weight is 268 g/mol. The normalized spacial score (nSPS) is 10.7.